The predicted molar refractivity (Wildman–Crippen MR) is 47.4 cm³/mol. The first-order valence-corrected chi connectivity index (χ1v) is 4.61. The highest BCUT2D eigenvalue weighted by Gasteiger charge is 1.87. The summed E-state index contributed by atoms with van der Waals surface area (Å²) >= 11 is 0. The second-order valence-electron chi connectivity index (χ2n) is 2.90. The van der Waals surface area contributed by atoms with E-state index in [1.165, 1.54) is 25.7 Å². The number of hydrogen-bond donors (Lipinski definition) is 0. The zero-order valence-corrected chi connectivity index (χ0v) is 7.35. The number of hydrogen-bond acceptors (Lipinski definition) is 1. The van der Waals surface area contributed by atoms with Crippen LogP contribution in [0.15, 0.2) is 12.7 Å². The maximum Gasteiger partial charge on any atom is -0.0353 e. The van der Waals surface area contributed by atoms with E-state index in [2.05, 4.69) is 6.58 Å². The Labute approximate surface area is 70.1 Å². The molecule has 0 heterocycles. The highest BCUT2D eigenvalue weighted by molar-refractivity contribution is 4.65. The van der Waals surface area contributed by atoms with Crippen LogP contribution in [0.1, 0.15) is 44.9 Å². The van der Waals surface area contributed by atoms with Crippen LogP contribution in [0, 0.1) is 0 Å². The number of allylic oxidation sites excluding steroid dienone is 1. The van der Waals surface area contributed by atoms with Gasteiger partial charge in [0.15, 0.2) is 0 Å². The van der Waals surface area contributed by atoms with Crippen molar-refractivity contribution in [2.45, 2.75) is 44.9 Å². The molecule has 0 spiro atoms. The third-order valence-corrected chi connectivity index (χ3v) is 1.80. The second kappa shape index (κ2) is 9.70. The van der Waals surface area contributed by atoms with Crippen molar-refractivity contribution in [1.82, 2.24) is 0 Å². The van der Waals surface area contributed by atoms with Gasteiger partial charge >= 0.3 is 0 Å². The smallest absolute Gasteiger partial charge is 0.0353 e. The molecule has 0 aliphatic rings. The van der Waals surface area contributed by atoms with Crippen LogP contribution >= 0.6 is 0 Å². The lowest BCUT2D eigenvalue weighted by Gasteiger charge is -2.02. The van der Waals surface area contributed by atoms with E-state index in [1.807, 2.05) is 6.08 Å². The van der Waals surface area contributed by atoms with Gasteiger partial charge in [-0.25, -0.2) is 0 Å². The fraction of sp³-hybridized carbons (Fsp3) is 0.800. The summed E-state index contributed by atoms with van der Waals surface area (Å²) in [6.07, 6.45) is 10.2. The van der Waals surface area contributed by atoms with E-state index in [-0.39, 0.29) is 6.61 Å². The van der Waals surface area contributed by atoms with Gasteiger partial charge in [0.1, 0.15) is 0 Å². The van der Waals surface area contributed by atoms with Crippen LogP contribution in [0.4, 0.5) is 0 Å². The van der Waals surface area contributed by atoms with E-state index in [1.54, 1.807) is 0 Å². The molecule has 0 saturated heterocycles. The molecule has 0 N–H and O–H groups in total. The van der Waals surface area contributed by atoms with Crippen LogP contribution in [0.5, 0.6) is 0 Å². The Morgan fingerprint density at radius 2 is 1.45 bits per heavy atom. The summed E-state index contributed by atoms with van der Waals surface area (Å²) in [6.45, 7) is 3.77. The molecule has 0 aromatic rings. The van der Waals surface area contributed by atoms with E-state index < -0.39 is 0 Å². The average Bonchev–Trinajstić information content (AvgIpc) is 2.03. The molecule has 0 radical (unpaired) electrons. The Morgan fingerprint density at radius 3 is 2.00 bits per heavy atom. The lowest BCUT2D eigenvalue weighted by atomic mass is 10.1. The predicted octanol–water partition coefficient (Wildman–Crippen LogP) is 2.26. The Balaban J connectivity index is 2.74. The van der Waals surface area contributed by atoms with Gasteiger partial charge < -0.3 is 5.11 Å². The van der Waals surface area contributed by atoms with Crippen molar-refractivity contribution in [3.8, 4) is 0 Å². The molecule has 0 atom stereocenters. The van der Waals surface area contributed by atoms with Crippen LogP contribution in [0.3, 0.4) is 0 Å². The maximum atomic E-state index is 10.1. The van der Waals surface area contributed by atoms with Crippen molar-refractivity contribution in [2.24, 2.45) is 0 Å². The summed E-state index contributed by atoms with van der Waals surface area (Å²) < 4.78 is 0. The molecule has 0 saturated carbocycles. The summed E-state index contributed by atoms with van der Waals surface area (Å²) in [5.74, 6) is 0. The van der Waals surface area contributed by atoms with Gasteiger partial charge in [-0.15, -0.1) is 13.2 Å². The summed E-state index contributed by atoms with van der Waals surface area (Å²) in [5, 5.41) is 10.1. The van der Waals surface area contributed by atoms with Crippen LogP contribution in [-0.2, 0) is 0 Å². The molecule has 66 valence electrons. The number of unbranched alkanes of at least 4 members (excludes halogenated alkanes) is 6. The lowest BCUT2D eigenvalue weighted by Crippen LogP contribution is -2.04. The molecule has 0 amide bonds. The van der Waals surface area contributed by atoms with Crippen LogP contribution in [0.25, 0.3) is 0 Å². The van der Waals surface area contributed by atoms with E-state index in [0.29, 0.717) is 0 Å². The van der Waals surface area contributed by atoms with Gasteiger partial charge in [-0.2, -0.15) is 0 Å². The summed E-state index contributed by atoms with van der Waals surface area (Å²) in [4.78, 5) is 0. The summed E-state index contributed by atoms with van der Waals surface area (Å²) in [7, 11) is 0. The minimum absolute atomic E-state index is 0.104. The quantitative estimate of drug-likeness (QED) is 0.389. The largest absolute Gasteiger partial charge is 0.854 e. The van der Waals surface area contributed by atoms with Crippen LogP contribution in [0.2, 0.25) is 0 Å². The molecule has 0 aromatic heterocycles. The van der Waals surface area contributed by atoms with Gasteiger partial charge in [-0.3, -0.25) is 0 Å². The van der Waals surface area contributed by atoms with Gasteiger partial charge in [0.05, 0.1) is 0 Å². The molecule has 0 aromatic carbocycles. The normalized spacial score (nSPS) is 9.91. The Bertz CT molecular complexity index is 78.9. The maximum absolute atomic E-state index is 10.1. The van der Waals surface area contributed by atoms with Gasteiger partial charge in [0, 0.05) is 0 Å². The van der Waals surface area contributed by atoms with E-state index in [4.69, 9.17) is 0 Å². The standard InChI is InChI=1S/C10H19O/c1-2-3-4-5-6-7-8-9-10-11/h2H,1,3-10H2/q-1. The first-order valence-electron chi connectivity index (χ1n) is 4.61. The van der Waals surface area contributed by atoms with Crippen molar-refractivity contribution in [3.63, 3.8) is 0 Å². The van der Waals surface area contributed by atoms with Gasteiger partial charge in [0.2, 0.25) is 0 Å². The van der Waals surface area contributed by atoms with Gasteiger partial charge in [-0.05, 0) is 12.8 Å². The SMILES string of the molecule is C=CCCCCCCCC[O-]. The summed E-state index contributed by atoms with van der Waals surface area (Å²) in [5.41, 5.74) is 0. The molecule has 1 nitrogen and oxygen atoms in total. The fourth-order valence-electron chi connectivity index (χ4n) is 1.10. The molecular weight excluding hydrogens is 136 g/mol. The summed E-state index contributed by atoms with van der Waals surface area (Å²) in [6, 6.07) is 0. The van der Waals surface area contributed by atoms with Gasteiger partial charge in [0.25, 0.3) is 0 Å². The second-order valence-corrected chi connectivity index (χ2v) is 2.90. The Hall–Kier alpha value is -0.300. The van der Waals surface area contributed by atoms with Gasteiger partial charge in [-0.1, -0.05) is 38.2 Å². The van der Waals surface area contributed by atoms with Crippen LogP contribution in [-0.4, -0.2) is 6.61 Å². The molecule has 0 aliphatic carbocycles. The Morgan fingerprint density at radius 1 is 0.909 bits per heavy atom. The average molecular weight is 155 g/mol. The highest BCUT2D eigenvalue weighted by Crippen LogP contribution is 2.06. The topological polar surface area (TPSA) is 23.1 Å². The molecular formula is C10H19O-. The van der Waals surface area contributed by atoms with Crippen molar-refractivity contribution in [1.29, 1.82) is 0 Å². The molecule has 0 bridgehead atoms. The molecule has 0 aliphatic heterocycles. The van der Waals surface area contributed by atoms with Crippen molar-refractivity contribution in [3.05, 3.63) is 12.7 Å². The monoisotopic (exact) mass is 155 g/mol. The fourth-order valence-corrected chi connectivity index (χ4v) is 1.10. The Kier molecular flexibility index (Phi) is 9.44. The van der Waals surface area contributed by atoms with Crippen molar-refractivity contribution < 1.29 is 5.11 Å². The minimum Gasteiger partial charge on any atom is -0.854 e. The van der Waals surface area contributed by atoms with Crippen molar-refractivity contribution >= 4 is 0 Å². The highest BCUT2D eigenvalue weighted by atomic mass is 16.2. The zero-order valence-electron chi connectivity index (χ0n) is 7.35. The van der Waals surface area contributed by atoms with Crippen LogP contribution < -0.4 is 5.11 Å². The molecule has 0 fully saturated rings. The number of rotatable bonds is 8. The molecule has 0 rings (SSSR count). The molecule has 1 heteroatoms. The zero-order chi connectivity index (χ0) is 8.36. The first-order chi connectivity index (χ1) is 5.41. The van der Waals surface area contributed by atoms with E-state index in [0.717, 1.165) is 19.3 Å². The van der Waals surface area contributed by atoms with E-state index in [9.17, 15) is 5.11 Å². The molecule has 0 unspecified atom stereocenters. The first kappa shape index (κ1) is 10.7. The lowest BCUT2D eigenvalue weighted by molar-refractivity contribution is -0.368. The molecule has 11 heavy (non-hydrogen) atoms. The third kappa shape index (κ3) is 9.70. The minimum atomic E-state index is 0.104. The third-order valence-electron chi connectivity index (χ3n) is 1.80. The van der Waals surface area contributed by atoms with E-state index >= 15 is 0 Å². The van der Waals surface area contributed by atoms with Crippen molar-refractivity contribution in [2.75, 3.05) is 6.61 Å².